The highest BCUT2D eigenvalue weighted by Gasteiger charge is 2.04. The van der Waals surface area contributed by atoms with Crippen molar-refractivity contribution in [2.45, 2.75) is 13.8 Å². The molecule has 0 fully saturated rings. The van der Waals surface area contributed by atoms with E-state index in [0.717, 1.165) is 8.95 Å². The van der Waals surface area contributed by atoms with Crippen LogP contribution in [0.1, 0.15) is 11.1 Å². The van der Waals surface area contributed by atoms with Gasteiger partial charge in [0.1, 0.15) is 34.7 Å². The summed E-state index contributed by atoms with van der Waals surface area (Å²) in [6, 6.07) is 12.1. The summed E-state index contributed by atoms with van der Waals surface area (Å²) >= 11 is 6.45. The topological polar surface area (TPSA) is 27.7 Å². The van der Waals surface area contributed by atoms with Gasteiger partial charge < -0.3 is 14.2 Å². The number of methoxy groups -OCH3 is 3. The first-order chi connectivity index (χ1) is 14.6. The van der Waals surface area contributed by atoms with Crippen LogP contribution in [0.15, 0.2) is 57.5 Å². The van der Waals surface area contributed by atoms with Crippen LogP contribution in [0.3, 0.4) is 0 Å². The third kappa shape index (κ3) is 8.83. The molecule has 0 saturated heterocycles. The summed E-state index contributed by atoms with van der Waals surface area (Å²) in [5.74, 6) is 0.834. The Morgan fingerprint density at radius 2 is 1.19 bits per heavy atom. The number of rotatable bonds is 3. The smallest absolute Gasteiger partial charge is 0.135 e. The third-order valence-corrected chi connectivity index (χ3v) is 5.20. The Morgan fingerprint density at radius 1 is 0.613 bits per heavy atom. The van der Waals surface area contributed by atoms with Crippen LogP contribution >= 0.6 is 31.9 Å². The van der Waals surface area contributed by atoms with Gasteiger partial charge in [-0.05, 0) is 81.1 Å². The summed E-state index contributed by atoms with van der Waals surface area (Å²) in [6.45, 7) is 3.42. The van der Waals surface area contributed by atoms with E-state index in [0.29, 0.717) is 28.4 Å². The molecule has 0 atom stereocenters. The molecule has 3 aromatic rings. The van der Waals surface area contributed by atoms with Crippen molar-refractivity contribution >= 4 is 31.9 Å². The highest BCUT2D eigenvalue weighted by atomic mass is 79.9. The molecule has 8 heteroatoms. The number of ether oxygens (including phenoxy) is 3. The monoisotopic (exact) mass is 562 g/mol. The average Bonchev–Trinajstić information content (AvgIpc) is 2.75. The summed E-state index contributed by atoms with van der Waals surface area (Å²) in [5, 5.41) is 0. The lowest BCUT2D eigenvalue weighted by atomic mass is 10.2. The van der Waals surface area contributed by atoms with Gasteiger partial charge in [-0.15, -0.1) is 0 Å². The highest BCUT2D eigenvalue weighted by molar-refractivity contribution is 9.10. The zero-order valence-corrected chi connectivity index (χ0v) is 20.9. The van der Waals surface area contributed by atoms with E-state index in [9.17, 15) is 13.2 Å². The number of hydrogen-bond acceptors (Lipinski definition) is 3. The molecule has 0 aliphatic heterocycles. The Hall–Kier alpha value is -2.19. The molecule has 0 aliphatic carbocycles. The predicted octanol–water partition coefficient (Wildman–Crippen LogP) is 7.64. The Balaban J connectivity index is 0.000000233. The Morgan fingerprint density at radius 3 is 1.71 bits per heavy atom. The van der Waals surface area contributed by atoms with E-state index in [-0.39, 0.29) is 17.5 Å². The third-order valence-electron chi connectivity index (χ3n) is 3.93. The van der Waals surface area contributed by atoms with E-state index in [2.05, 4.69) is 31.9 Å². The summed E-state index contributed by atoms with van der Waals surface area (Å²) in [5.41, 5.74) is 1.25. The minimum absolute atomic E-state index is 0.223. The molecule has 3 rings (SSSR count). The maximum Gasteiger partial charge on any atom is 0.135 e. The van der Waals surface area contributed by atoms with E-state index in [1.165, 1.54) is 45.6 Å². The van der Waals surface area contributed by atoms with Crippen LogP contribution in [-0.2, 0) is 0 Å². The fraction of sp³-hybridized carbons (Fsp3) is 0.217. The maximum absolute atomic E-state index is 12.8. The van der Waals surface area contributed by atoms with Gasteiger partial charge >= 0.3 is 0 Å². The molecule has 168 valence electrons. The SMILES string of the molecule is COc1cc(F)c(C)cc1Br.COc1cc(F)ccc1Br.COc1ccc(C)c(F)c1. The van der Waals surface area contributed by atoms with Crippen molar-refractivity contribution in [3.05, 3.63) is 86.1 Å². The quantitative estimate of drug-likeness (QED) is 0.327. The molecule has 0 bridgehead atoms. The molecule has 0 saturated carbocycles. The van der Waals surface area contributed by atoms with Gasteiger partial charge in [-0.25, -0.2) is 13.2 Å². The highest BCUT2D eigenvalue weighted by Crippen LogP contribution is 2.27. The molecule has 31 heavy (non-hydrogen) atoms. The molecule has 0 amide bonds. The van der Waals surface area contributed by atoms with Crippen molar-refractivity contribution in [2.24, 2.45) is 0 Å². The number of benzene rings is 3. The van der Waals surface area contributed by atoms with Gasteiger partial charge in [0.25, 0.3) is 0 Å². The van der Waals surface area contributed by atoms with Crippen LogP contribution in [0.25, 0.3) is 0 Å². The molecule has 0 N–H and O–H groups in total. The van der Waals surface area contributed by atoms with E-state index in [4.69, 9.17) is 14.2 Å². The fourth-order valence-corrected chi connectivity index (χ4v) is 3.15. The Labute approximate surface area is 197 Å². The second kappa shape index (κ2) is 13.3. The molecule has 0 aliphatic rings. The second-order valence-electron chi connectivity index (χ2n) is 6.13. The standard InChI is InChI=1S/C8H8BrFO.C8H9FO.C7H6BrFO/c1-5-3-6(9)8(11-2)4-7(5)10;1-6-3-4-7(10-2)5-8(6)9;1-10-7-4-5(9)2-3-6(7)8/h3-4H,1-2H3;3-5H,1-2H3;2-4H,1H3. The first kappa shape index (κ1) is 26.8. The predicted molar refractivity (Wildman–Crippen MR) is 124 cm³/mol. The van der Waals surface area contributed by atoms with Gasteiger partial charge in [0.05, 0.1) is 30.3 Å². The van der Waals surface area contributed by atoms with Crippen LogP contribution in [0.5, 0.6) is 17.2 Å². The number of hydrogen-bond donors (Lipinski definition) is 0. The van der Waals surface area contributed by atoms with Gasteiger partial charge in [0, 0.05) is 18.2 Å². The van der Waals surface area contributed by atoms with Crippen LogP contribution in [0, 0.1) is 31.3 Å². The van der Waals surface area contributed by atoms with Crippen LogP contribution in [-0.4, -0.2) is 21.3 Å². The molecule has 0 heterocycles. The zero-order chi connectivity index (χ0) is 23.6. The van der Waals surface area contributed by atoms with E-state index >= 15 is 0 Å². The van der Waals surface area contributed by atoms with Crippen LogP contribution < -0.4 is 14.2 Å². The lowest BCUT2D eigenvalue weighted by molar-refractivity contribution is 0.408. The minimum atomic E-state index is -0.292. The first-order valence-corrected chi connectivity index (χ1v) is 10.5. The average molecular weight is 564 g/mol. The number of halogens is 5. The minimum Gasteiger partial charge on any atom is -0.497 e. The van der Waals surface area contributed by atoms with Crippen molar-refractivity contribution in [3.63, 3.8) is 0 Å². The van der Waals surface area contributed by atoms with Crippen molar-refractivity contribution in [3.8, 4) is 17.2 Å². The van der Waals surface area contributed by atoms with Gasteiger partial charge in [-0.2, -0.15) is 0 Å². The molecule has 0 aromatic heterocycles. The van der Waals surface area contributed by atoms with Crippen molar-refractivity contribution in [1.82, 2.24) is 0 Å². The molecule has 3 nitrogen and oxygen atoms in total. The zero-order valence-electron chi connectivity index (χ0n) is 17.7. The fourth-order valence-electron chi connectivity index (χ4n) is 2.12. The molecular formula is C23H23Br2F3O3. The Bertz CT molecular complexity index is 998. The van der Waals surface area contributed by atoms with Gasteiger partial charge in [-0.3, -0.25) is 0 Å². The molecular weight excluding hydrogens is 541 g/mol. The molecule has 0 unspecified atom stereocenters. The summed E-state index contributed by atoms with van der Waals surface area (Å²) < 4.78 is 54.0. The van der Waals surface area contributed by atoms with E-state index in [1.807, 2.05) is 0 Å². The Kier molecular flexibility index (Phi) is 11.5. The molecule has 0 radical (unpaired) electrons. The number of aryl methyl sites for hydroxylation is 2. The van der Waals surface area contributed by atoms with Crippen LogP contribution in [0.4, 0.5) is 13.2 Å². The van der Waals surface area contributed by atoms with Crippen LogP contribution in [0.2, 0.25) is 0 Å². The van der Waals surface area contributed by atoms with Crippen molar-refractivity contribution in [1.29, 1.82) is 0 Å². The summed E-state index contributed by atoms with van der Waals surface area (Å²) in [4.78, 5) is 0. The van der Waals surface area contributed by atoms with Gasteiger partial charge in [-0.1, -0.05) is 6.07 Å². The van der Waals surface area contributed by atoms with Crippen molar-refractivity contribution in [2.75, 3.05) is 21.3 Å². The lowest BCUT2D eigenvalue weighted by Gasteiger charge is -2.04. The van der Waals surface area contributed by atoms with Crippen molar-refractivity contribution < 1.29 is 27.4 Å². The second-order valence-corrected chi connectivity index (χ2v) is 7.84. The van der Waals surface area contributed by atoms with Gasteiger partial charge in [0.2, 0.25) is 0 Å². The summed E-state index contributed by atoms with van der Waals surface area (Å²) in [7, 11) is 4.53. The molecule has 3 aromatic carbocycles. The van der Waals surface area contributed by atoms with E-state index in [1.54, 1.807) is 38.1 Å². The largest absolute Gasteiger partial charge is 0.497 e. The first-order valence-electron chi connectivity index (χ1n) is 8.91. The molecule has 0 spiro atoms. The van der Waals surface area contributed by atoms with E-state index < -0.39 is 0 Å². The maximum atomic E-state index is 12.8. The van der Waals surface area contributed by atoms with Gasteiger partial charge in [0.15, 0.2) is 0 Å². The lowest BCUT2D eigenvalue weighted by Crippen LogP contribution is -1.88. The summed E-state index contributed by atoms with van der Waals surface area (Å²) in [6.07, 6.45) is 0. The normalized spacial score (nSPS) is 9.61.